The van der Waals surface area contributed by atoms with Gasteiger partial charge in [0.15, 0.2) is 5.96 Å². The number of aliphatic imine (C=N–C) groups is 1. The lowest BCUT2D eigenvalue weighted by Gasteiger charge is -2.10. The normalized spacial score (nSPS) is 11.2. The zero-order valence-corrected chi connectivity index (χ0v) is 13.7. The van der Waals surface area contributed by atoms with Crippen molar-refractivity contribution in [2.45, 2.75) is 13.5 Å². The number of hydrogen-bond acceptors (Lipinski definition) is 4. The molecular formula is C17H22N4O2. The number of nitrogens with zero attached hydrogens (tertiary/aromatic N) is 3. The summed E-state index contributed by atoms with van der Waals surface area (Å²) in [6, 6.07) is 11.2. The molecule has 0 aliphatic carbocycles. The second kappa shape index (κ2) is 8.03. The number of nitrogens with two attached hydrogens (primary N) is 1. The maximum absolute atomic E-state index is 5.78. The van der Waals surface area contributed by atoms with Crippen LogP contribution in [0.2, 0.25) is 0 Å². The fourth-order valence-electron chi connectivity index (χ4n) is 1.81. The molecule has 0 aliphatic rings. The molecule has 6 nitrogen and oxygen atoms in total. The van der Waals surface area contributed by atoms with Gasteiger partial charge in [-0.1, -0.05) is 0 Å². The molecule has 2 aromatic rings. The van der Waals surface area contributed by atoms with Crippen molar-refractivity contribution in [1.29, 1.82) is 0 Å². The highest BCUT2D eigenvalue weighted by atomic mass is 16.5. The van der Waals surface area contributed by atoms with E-state index in [4.69, 9.17) is 15.2 Å². The molecule has 122 valence electrons. The van der Waals surface area contributed by atoms with E-state index in [-0.39, 0.29) is 0 Å². The average molecular weight is 314 g/mol. The molecule has 0 bridgehead atoms. The Morgan fingerprint density at radius 1 is 1.17 bits per heavy atom. The number of ether oxygens (including phenoxy) is 2. The summed E-state index contributed by atoms with van der Waals surface area (Å²) in [7, 11) is 3.71. The molecule has 0 fully saturated rings. The Bertz CT molecular complexity index is 654. The van der Waals surface area contributed by atoms with Crippen molar-refractivity contribution in [1.82, 2.24) is 9.88 Å². The molecule has 0 aliphatic heterocycles. The number of rotatable bonds is 6. The molecule has 0 radical (unpaired) electrons. The van der Waals surface area contributed by atoms with Gasteiger partial charge in [-0.2, -0.15) is 0 Å². The number of pyridine rings is 1. The predicted molar refractivity (Wildman–Crippen MR) is 90.9 cm³/mol. The van der Waals surface area contributed by atoms with Crippen LogP contribution in [0.5, 0.6) is 17.4 Å². The van der Waals surface area contributed by atoms with Crippen molar-refractivity contribution in [2.24, 2.45) is 10.7 Å². The molecule has 0 spiro atoms. The monoisotopic (exact) mass is 314 g/mol. The molecule has 1 aromatic carbocycles. The number of benzene rings is 1. The molecule has 1 heterocycles. The van der Waals surface area contributed by atoms with E-state index < -0.39 is 0 Å². The standard InChI is InChI=1S/C17H22N4O2/c1-4-22-14-5-7-15(8-6-14)23-16-11-13(9-10-19-16)12-20-17(18)21(2)3/h5-11H,4,12H2,1-3H3,(H2,18,20). The van der Waals surface area contributed by atoms with Crippen LogP contribution in [0.3, 0.4) is 0 Å². The van der Waals surface area contributed by atoms with Crippen LogP contribution < -0.4 is 15.2 Å². The SMILES string of the molecule is CCOc1ccc(Oc2cc(CN=C(N)N(C)C)ccn2)cc1. The predicted octanol–water partition coefficient (Wildman–Crippen LogP) is 2.65. The van der Waals surface area contributed by atoms with Gasteiger partial charge in [-0.25, -0.2) is 9.98 Å². The summed E-state index contributed by atoms with van der Waals surface area (Å²) in [4.78, 5) is 10.3. The van der Waals surface area contributed by atoms with Gasteiger partial charge in [-0.15, -0.1) is 0 Å². The molecule has 0 amide bonds. The molecule has 6 heteroatoms. The molecule has 2 N–H and O–H groups in total. The van der Waals surface area contributed by atoms with Crippen LogP contribution in [-0.4, -0.2) is 36.5 Å². The van der Waals surface area contributed by atoms with Crippen LogP contribution in [0.1, 0.15) is 12.5 Å². The molecule has 2 rings (SSSR count). The smallest absolute Gasteiger partial charge is 0.219 e. The van der Waals surface area contributed by atoms with Gasteiger partial charge >= 0.3 is 0 Å². The lowest BCUT2D eigenvalue weighted by molar-refractivity contribution is 0.339. The largest absolute Gasteiger partial charge is 0.494 e. The van der Waals surface area contributed by atoms with Gasteiger partial charge in [0.2, 0.25) is 5.88 Å². The third-order valence-corrected chi connectivity index (χ3v) is 3.04. The highest BCUT2D eigenvalue weighted by Crippen LogP contribution is 2.23. The maximum Gasteiger partial charge on any atom is 0.219 e. The van der Waals surface area contributed by atoms with E-state index in [0.29, 0.717) is 30.7 Å². The zero-order chi connectivity index (χ0) is 16.7. The van der Waals surface area contributed by atoms with Gasteiger partial charge in [0.1, 0.15) is 11.5 Å². The molecule has 0 saturated carbocycles. The van der Waals surface area contributed by atoms with Crippen LogP contribution in [0.4, 0.5) is 0 Å². The summed E-state index contributed by atoms with van der Waals surface area (Å²) in [6.07, 6.45) is 1.70. The topological polar surface area (TPSA) is 73.0 Å². The summed E-state index contributed by atoms with van der Waals surface area (Å²) in [5, 5.41) is 0. The Hall–Kier alpha value is -2.76. The number of hydrogen-bond donors (Lipinski definition) is 1. The average Bonchev–Trinajstić information content (AvgIpc) is 2.55. The van der Waals surface area contributed by atoms with Crippen molar-refractivity contribution in [3.8, 4) is 17.4 Å². The minimum absolute atomic E-state index is 0.478. The first-order valence-corrected chi connectivity index (χ1v) is 7.41. The lowest BCUT2D eigenvalue weighted by atomic mass is 10.2. The molecular weight excluding hydrogens is 292 g/mol. The Morgan fingerprint density at radius 3 is 2.52 bits per heavy atom. The minimum Gasteiger partial charge on any atom is -0.494 e. The summed E-state index contributed by atoms with van der Waals surface area (Å²) in [6.45, 7) is 3.07. The lowest BCUT2D eigenvalue weighted by Crippen LogP contribution is -2.30. The van der Waals surface area contributed by atoms with Crippen LogP contribution in [0, 0.1) is 0 Å². The van der Waals surface area contributed by atoms with E-state index >= 15 is 0 Å². The van der Waals surface area contributed by atoms with Crippen LogP contribution in [0.25, 0.3) is 0 Å². The van der Waals surface area contributed by atoms with E-state index in [1.807, 2.05) is 57.4 Å². The first-order valence-electron chi connectivity index (χ1n) is 7.41. The Kier molecular flexibility index (Phi) is 5.80. The Morgan fingerprint density at radius 2 is 1.87 bits per heavy atom. The van der Waals surface area contributed by atoms with Crippen molar-refractivity contribution >= 4 is 5.96 Å². The van der Waals surface area contributed by atoms with E-state index in [2.05, 4.69) is 9.98 Å². The van der Waals surface area contributed by atoms with Crippen LogP contribution in [0.15, 0.2) is 47.6 Å². The van der Waals surface area contributed by atoms with E-state index in [1.165, 1.54) is 0 Å². The van der Waals surface area contributed by atoms with Crippen molar-refractivity contribution in [3.63, 3.8) is 0 Å². The van der Waals surface area contributed by atoms with Crippen LogP contribution in [-0.2, 0) is 6.54 Å². The first-order chi connectivity index (χ1) is 11.1. The molecule has 0 atom stereocenters. The third kappa shape index (κ3) is 5.18. The molecule has 23 heavy (non-hydrogen) atoms. The van der Waals surface area contributed by atoms with Gasteiger partial charge in [0.05, 0.1) is 13.2 Å². The number of guanidine groups is 1. The quantitative estimate of drug-likeness (QED) is 0.655. The summed E-state index contributed by atoms with van der Waals surface area (Å²) >= 11 is 0. The second-order valence-corrected chi connectivity index (χ2v) is 5.08. The Labute approximate surface area is 136 Å². The van der Waals surface area contributed by atoms with Gasteiger partial charge in [-0.3, -0.25) is 0 Å². The highest BCUT2D eigenvalue weighted by molar-refractivity contribution is 5.77. The summed E-state index contributed by atoms with van der Waals surface area (Å²) in [5.41, 5.74) is 6.76. The highest BCUT2D eigenvalue weighted by Gasteiger charge is 2.02. The first kappa shape index (κ1) is 16.6. The van der Waals surface area contributed by atoms with Crippen molar-refractivity contribution in [2.75, 3.05) is 20.7 Å². The van der Waals surface area contributed by atoms with Crippen molar-refractivity contribution < 1.29 is 9.47 Å². The van der Waals surface area contributed by atoms with E-state index in [9.17, 15) is 0 Å². The summed E-state index contributed by atoms with van der Waals surface area (Å²) in [5.74, 6) is 2.52. The molecule has 0 unspecified atom stereocenters. The van der Waals surface area contributed by atoms with Gasteiger partial charge in [0, 0.05) is 26.4 Å². The van der Waals surface area contributed by atoms with Crippen LogP contribution >= 0.6 is 0 Å². The summed E-state index contributed by atoms with van der Waals surface area (Å²) < 4.78 is 11.2. The fourth-order valence-corrected chi connectivity index (χ4v) is 1.81. The van der Waals surface area contributed by atoms with Crippen molar-refractivity contribution in [3.05, 3.63) is 48.2 Å². The fraction of sp³-hybridized carbons (Fsp3) is 0.294. The van der Waals surface area contributed by atoms with E-state index in [1.54, 1.807) is 11.1 Å². The maximum atomic E-state index is 5.78. The molecule has 1 aromatic heterocycles. The second-order valence-electron chi connectivity index (χ2n) is 5.08. The van der Waals surface area contributed by atoms with Gasteiger partial charge in [0.25, 0.3) is 0 Å². The van der Waals surface area contributed by atoms with E-state index in [0.717, 1.165) is 11.3 Å². The van der Waals surface area contributed by atoms with Gasteiger partial charge in [-0.05, 0) is 42.8 Å². The number of aromatic nitrogens is 1. The minimum atomic E-state index is 0.478. The molecule has 0 saturated heterocycles. The zero-order valence-electron chi connectivity index (χ0n) is 13.7. The van der Waals surface area contributed by atoms with Gasteiger partial charge < -0.3 is 20.1 Å². The third-order valence-electron chi connectivity index (χ3n) is 3.04. The Balaban J connectivity index is 2.03.